The minimum absolute atomic E-state index is 0.112. The van der Waals surface area contributed by atoms with Gasteiger partial charge in [0.1, 0.15) is 30.5 Å². The molecule has 3 aromatic heterocycles. The molecule has 0 aliphatic carbocycles. The SMILES string of the molecule is CNC(=O)c1cnc(Nc2cc(C)nc(C)n2)cc1Nc1cccc(-c2ncn(CCF)n2)c1OC. The summed E-state index contributed by atoms with van der Waals surface area (Å²) in [6.07, 6.45) is 2.94. The standard InChI is InChI=1S/C24H26FN9O2/c1-14-10-21(30-15(2)29-14)32-20-11-19(17(12-27-20)24(35)26-3)31-18-7-5-6-16(22(18)36-4)23-28-13-34(33-23)9-8-25/h5-7,10-13H,8-9H2,1-4H3,(H,26,35)(H2,27,29,30,31,32). The van der Waals surface area contributed by atoms with E-state index >= 15 is 0 Å². The number of methoxy groups -OCH3 is 1. The molecule has 36 heavy (non-hydrogen) atoms. The molecule has 0 saturated carbocycles. The van der Waals surface area contributed by atoms with Crippen molar-refractivity contribution >= 4 is 28.9 Å². The molecule has 4 rings (SSSR count). The summed E-state index contributed by atoms with van der Waals surface area (Å²) in [5.41, 5.74) is 2.82. The van der Waals surface area contributed by atoms with E-state index in [0.717, 1.165) is 5.69 Å². The van der Waals surface area contributed by atoms with Gasteiger partial charge in [-0.3, -0.25) is 4.79 Å². The van der Waals surface area contributed by atoms with Crippen molar-refractivity contribution in [3.8, 4) is 17.1 Å². The Morgan fingerprint density at radius 2 is 1.92 bits per heavy atom. The van der Waals surface area contributed by atoms with Gasteiger partial charge in [0.2, 0.25) is 0 Å². The second kappa shape index (κ2) is 10.8. The van der Waals surface area contributed by atoms with Crippen molar-refractivity contribution in [3.05, 3.63) is 59.9 Å². The van der Waals surface area contributed by atoms with Crippen LogP contribution in [0.5, 0.6) is 5.75 Å². The second-order valence-electron chi connectivity index (χ2n) is 7.79. The lowest BCUT2D eigenvalue weighted by atomic mass is 10.1. The summed E-state index contributed by atoms with van der Waals surface area (Å²) in [4.78, 5) is 29.9. The van der Waals surface area contributed by atoms with Gasteiger partial charge in [-0.2, -0.15) is 5.10 Å². The van der Waals surface area contributed by atoms with Crippen LogP contribution in [0.3, 0.4) is 0 Å². The van der Waals surface area contributed by atoms with Crippen molar-refractivity contribution in [2.24, 2.45) is 0 Å². The third-order valence-corrected chi connectivity index (χ3v) is 5.18. The summed E-state index contributed by atoms with van der Waals surface area (Å²) < 4.78 is 19.8. The molecule has 11 nitrogen and oxygen atoms in total. The van der Waals surface area contributed by atoms with Gasteiger partial charge < -0.3 is 20.7 Å². The van der Waals surface area contributed by atoms with Crippen LogP contribution < -0.4 is 20.7 Å². The zero-order valence-electron chi connectivity index (χ0n) is 20.3. The molecule has 0 unspecified atom stereocenters. The summed E-state index contributed by atoms with van der Waals surface area (Å²) in [5.74, 6) is 2.23. The smallest absolute Gasteiger partial charge is 0.254 e. The zero-order chi connectivity index (χ0) is 25.7. The predicted octanol–water partition coefficient (Wildman–Crippen LogP) is 3.57. The van der Waals surface area contributed by atoms with E-state index in [1.807, 2.05) is 19.9 Å². The van der Waals surface area contributed by atoms with E-state index in [4.69, 9.17) is 4.74 Å². The maximum Gasteiger partial charge on any atom is 0.254 e. The van der Waals surface area contributed by atoms with Gasteiger partial charge in [0.25, 0.3) is 5.91 Å². The van der Waals surface area contributed by atoms with E-state index in [1.54, 1.807) is 31.3 Å². The van der Waals surface area contributed by atoms with Crippen LogP contribution >= 0.6 is 0 Å². The van der Waals surface area contributed by atoms with E-state index in [0.29, 0.717) is 51.5 Å². The number of anilines is 4. The van der Waals surface area contributed by atoms with E-state index in [-0.39, 0.29) is 12.5 Å². The summed E-state index contributed by atoms with van der Waals surface area (Å²) >= 11 is 0. The van der Waals surface area contributed by atoms with Gasteiger partial charge in [-0.25, -0.2) is 29.0 Å². The average molecular weight is 492 g/mol. The minimum atomic E-state index is -0.545. The summed E-state index contributed by atoms with van der Waals surface area (Å²) in [5, 5.41) is 13.4. The molecule has 0 aliphatic heterocycles. The predicted molar refractivity (Wildman–Crippen MR) is 134 cm³/mol. The van der Waals surface area contributed by atoms with E-state index < -0.39 is 6.67 Å². The molecule has 4 aromatic rings. The fraction of sp³-hybridized carbons (Fsp3) is 0.250. The number of halogens is 1. The number of carbonyl (C=O) groups is 1. The van der Waals surface area contributed by atoms with Crippen molar-refractivity contribution in [2.45, 2.75) is 20.4 Å². The summed E-state index contributed by atoms with van der Waals surface area (Å²) in [7, 11) is 3.08. The Morgan fingerprint density at radius 1 is 1.08 bits per heavy atom. The molecule has 0 aliphatic rings. The molecule has 0 atom stereocenters. The largest absolute Gasteiger partial charge is 0.494 e. The Bertz CT molecular complexity index is 1370. The Balaban J connectivity index is 1.72. The number of pyridine rings is 1. The summed E-state index contributed by atoms with van der Waals surface area (Å²) in [6, 6.07) is 8.92. The molecule has 0 spiro atoms. The topological polar surface area (TPSA) is 132 Å². The molecule has 3 heterocycles. The Hall–Kier alpha value is -4.61. The molecule has 0 saturated heterocycles. The Morgan fingerprint density at radius 3 is 2.64 bits per heavy atom. The molecule has 0 radical (unpaired) electrons. The first-order valence-electron chi connectivity index (χ1n) is 11.1. The number of aryl methyl sites for hydroxylation is 3. The Kier molecular flexibility index (Phi) is 7.33. The van der Waals surface area contributed by atoms with Gasteiger partial charge in [0.15, 0.2) is 11.6 Å². The third kappa shape index (κ3) is 5.37. The van der Waals surface area contributed by atoms with Crippen LogP contribution in [-0.2, 0) is 6.54 Å². The second-order valence-corrected chi connectivity index (χ2v) is 7.79. The minimum Gasteiger partial charge on any atom is -0.494 e. The van der Waals surface area contributed by atoms with Crippen molar-refractivity contribution < 1.29 is 13.9 Å². The van der Waals surface area contributed by atoms with Crippen LogP contribution in [0, 0.1) is 13.8 Å². The monoisotopic (exact) mass is 491 g/mol. The first-order chi connectivity index (χ1) is 17.4. The maximum atomic E-state index is 12.7. The number of ether oxygens (including phenoxy) is 1. The fourth-order valence-electron chi connectivity index (χ4n) is 3.64. The number of amides is 1. The first kappa shape index (κ1) is 24.5. The van der Waals surface area contributed by atoms with Gasteiger partial charge in [-0.05, 0) is 26.0 Å². The molecule has 1 aromatic carbocycles. The van der Waals surface area contributed by atoms with E-state index in [9.17, 15) is 9.18 Å². The van der Waals surface area contributed by atoms with Crippen LogP contribution in [0.2, 0.25) is 0 Å². The quantitative estimate of drug-likeness (QED) is 0.321. The number of para-hydroxylation sites is 1. The molecular formula is C24H26FN9O2. The molecule has 0 bridgehead atoms. The van der Waals surface area contributed by atoms with Gasteiger partial charge in [0.05, 0.1) is 36.2 Å². The van der Waals surface area contributed by atoms with Gasteiger partial charge in [-0.15, -0.1) is 0 Å². The van der Waals surface area contributed by atoms with Crippen LogP contribution in [-0.4, -0.2) is 56.5 Å². The number of nitrogens with one attached hydrogen (secondary N) is 3. The number of benzene rings is 1. The molecule has 12 heteroatoms. The first-order valence-corrected chi connectivity index (χ1v) is 11.1. The molecule has 1 amide bonds. The fourth-order valence-corrected chi connectivity index (χ4v) is 3.64. The highest BCUT2D eigenvalue weighted by atomic mass is 19.1. The molecule has 0 fully saturated rings. The lowest BCUT2D eigenvalue weighted by molar-refractivity contribution is 0.0963. The normalized spacial score (nSPS) is 10.7. The van der Waals surface area contributed by atoms with Gasteiger partial charge in [-0.1, -0.05) is 6.07 Å². The zero-order valence-corrected chi connectivity index (χ0v) is 20.3. The van der Waals surface area contributed by atoms with Crippen molar-refractivity contribution in [1.29, 1.82) is 0 Å². The third-order valence-electron chi connectivity index (χ3n) is 5.18. The lowest BCUT2D eigenvalue weighted by Crippen LogP contribution is -2.19. The number of carbonyl (C=O) groups excluding carboxylic acids is 1. The molecular weight excluding hydrogens is 465 g/mol. The number of aromatic nitrogens is 6. The van der Waals surface area contributed by atoms with Crippen LogP contribution in [0.1, 0.15) is 21.9 Å². The average Bonchev–Trinajstić information content (AvgIpc) is 3.32. The highest BCUT2D eigenvalue weighted by molar-refractivity contribution is 6.00. The maximum absolute atomic E-state index is 12.7. The molecule has 186 valence electrons. The number of rotatable bonds is 9. The van der Waals surface area contributed by atoms with Crippen molar-refractivity contribution in [3.63, 3.8) is 0 Å². The van der Waals surface area contributed by atoms with E-state index in [1.165, 1.54) is 24.3 Å². The lowest BCUT2D eigenvalue weighted by Gasteiger charge is -2.17. The molecule has 3 N–H and O–H groups in total. The number of hydrogen-bond acceptors (Lipinski definition) is 9. The van der Waals surface area contributed by atoms with Crippen LogP contribution in [0.15, 0.2) is 42.9 Å². The van der Waals surface area contributed by atoms with Crippen LogP contribution in [0.25, 0.3) is 11.4 Å². The summed E-state index contributed by atoms with van der Waals surface area (Å²) in [6.45, 7) is 3.25. The number of nitrogens with zero attached hydrogens (tertiary/aromatic N) is 6. The van der Waals surface area contributed by atoms with Crippen molar-refractivity contribution in [2.75, 3.05) is 31.5 Å². The van der Waals surface area contributed by atoms with Crippen LogP contribution in [0.4, 0.5) is 27.4 Å². The van der Waals surface area contributed by atoms with Gasteiger partial charge in [0, 0.05) is 31.1 Å². The number of alkyl halides is 1. The van der Waals surface area contributed by atoms with E-state index in [2.05, 4.69) is 41.0 Å². The number of hydrogen-bond donors (Lipinski definition) is 3. The highest BCUT2D eigenvalue weighted by Gasteiger charge is 2.18. The Labute approximate surface area is 207 Å². The highest BCUT2D eigenvalue weighted by Crippen LogP contribution is 2.37. The van der Waals surface area contributed by atoms with Gasteiger partial charge >= 0.3 is 0 Å². The van der Waals surface area contributed by atoms with Crippen molar-refractivity contribution in [1.82, 2.24) is 35.0 Å².